The Morgan fingerprint density at radius 1 is 0.892 bits per heavy atom. The van der Waals surface area contributed by atoms with Crippen molar-refractivity contribution < 1.29 is 9.59 Å². The van der Waals surface area contributed by atoms with Crippen molar-refractivity contribution in [2.75, 3.05) is 12.3 Å². The maximum absolute atomic E-state index is 13.7. The summed E-state index contributed by atoms with van der Waals surface area (Å²) in [6.45, 7) is 2.89. The Bertz CT molecular complexity index is 1160. The minimum atomic E-state index is -0.669. The van der Waals surface area contributed by atoms with E-state index >= 15 is 0 Å². The molecule has 0 aliphatic heterocycles. The highest BCUT2D eigenvalue weighted by atomic mass is 35.5. The number of nitrogens with one attached hydrogen (secondary N) is 1. The van der Waals surface area contributed by atoms with E-state index in [1.165, 1.54) is 11.8 Å². The molecule has 8 heteroatoms. The van der Waals surface area contributed by atoms with Crippen LogP contribution in [0.2, 0.25) is 15.1 Å². The van der Waals surface area contributed by atoms with E-state index in [0.717, 1.165) is 29.5 Å². The third-order valence-electron chi connectivity index (χ3n) is 5.85. The number of nitrogens with zero attached hydrogens (tertiary/aromatic N) is 1. The molecule has 0 heterocycles. The standard InChI is InChI=1S/C29H31Cl3N2O2S/c1-2-3-15-33-29(36)27(17-21-7-5-4-6-8-21)34(18-23-11-14-25(31)26(32)16-23)28(35)20-37-19-22-9-12-24(30)13-10-22/h4-14,16,27H,2-3,15,17-20H2,1H3,(H,33,36)/t27-/m1/s1. The van der Waals surface area contributed by atoms with Crippen molar-refractivity contribution in [1.29, 1.82) is 0 Å². The molecule has 3 rings (SSSR count). The Kier molecular flexibility index (Phi) is 12.1. The van der Waals surface area contributed by atoms with Crippen molar-refractivity contribution in [2.45, 2.75) is 44.5 Å². The van der Waals surface area contributed by atoms with Gasteiger partial charge < -0.3 is 10.2 Å². The van der Waals surface area contributed by atoms with E-state index in [2.05, 4.69) is 12.2 Å². The molecule has 2 amide bonds. The monoisotopic (exact) mass is 576 g/mol. The molecule has 0 aromatic heterocycles. The maximum atomic E-state index is 13.7. The van der Waals surface area contributed by atoms with Crippen LogP contribution in [0.5, 0.6) is 0 Å². The molecule has 0 aliphatic carbocycles. The third-order valence-corrected chi connectivity index (χ3v) is 7.82. The number of amides is 2. The van der Waals surface area contributed by atoms with Crippen molar-refractivity contribution in [3.63, 3.8) is 0 Å². The van der Waals surface area contributed by atoms with Gasteiger partial charge in [-0.3, -0.25) is 9.59 Å². The van der Waals surface area contributed by atoms with Gasteiger partial charge in [-0.2, -0.15) is 0 Å². The summed E-state index contributed by atoms with van der Waals surface area (Å²) in [4.78, 5) is 28.8. The first-order valence-electron chi connectivity index (χ1n) is 12.2. The molecule has 1 N–H and O–H groups in total. The van der Waals surface area contributed by atoms with E-state index in [0.29, 0.717) is 33.8 Å². The van der Waals surface area contributed by atoms with Crippen LogP contribution in [0, 0.1) is 0 Å². The van der Waals surface area contributed by atoms with E-state index < -0.39 is 6.04 Å². The van der Waals surface area contributed by atoms with Crippen LogP contribution < -0.4 is 5.32 Å². The summed E-state index contributed by atoms with van der Waals surface area (Å²) in [5.74, 6) is 0.623. The van der Waals surface area contributed by atoms with Gasteiger partial charge in [0.1, 0.15) is 6.04 Å². The lowest BCUT2D eigenvalue weighted by Crippen LogP contribution is -2.51. The van der Waals surface area contributed by atoms with Gasteiger partial charge in [-0.25, -0.2) is 0 Å². The molecule has 3 aromatic carbocycles. The van der Waals surface area contributed by atoms with Crippen molar-refractivity contribution in [2.24, 2.45) is 0 Å². The minimum Gasteiger partial charge on any atom is -0.354 e. The second-order valence-electron chi connectivity index (χ2n) is 8.74. The first kappa shape index (κ1) is 29.4. The van der Waals surface area contributed by atoms with Crippen LogP contribution in [-0.2, 0) is 28.3 Å². The van der Waals surface area contributed by atoms with Crippen LogP contribution in [0.15, 0.2) is 72.8 Å². The second kappa shape index (κ2) is 15.3. The molecule has 196 valence electrons. The number of benzene rings is 3. The Labute approximate surface area is 238 Å². The molecule has 4 nitrogen and oxygen atoms in total. The first-order valence-corrected chi connectivity index (χ1v) is 14.5. The Hall–Kier alpha value is -2.18. The molecule has 0 radical (unpaired) electrons. The zero-order valence-corrected chi connectivity index (χ0v) is 23.8. The summed E-state index contributed by atoms with van der Waals surface area (Å²) >= 11 is 19.9. The highest BCUT2D eigenvalue weighted by Gasteiger charge is 2.30. The predicted molar refractivity (Wildman–Crippen MR) is 156 cm³/mol. The maximum Gasteiger partial charge on any atom is 0.243 e. The normalized spacial score (nSPS) is 11.7. The lowest BCUT2D eigenvalue weighted by molar-refractivity contribution is -0.139. The molecule has 0 unspecified atom stereocenters. The van der Waals surface area contributed by atoms with Gasteiger partial charge in [0.05, 0.1) is 15.8 Å². The van der Waals surface area contributed by atoms with Gasteiger partial charge in [-0.05, 0) is 47.4 Å². The van der Waals surface area contributed by atoms with Gasteiger partial charge >= 0.3 is 0 Å². The number of halogens is 3. The number of carbonyl (C=O) groups is 2. The summed E-state index contributed by atoms with van der Waals surface area (Å²) in [5, 5.41) is 4.57. The quantitative estimate of drug-likeness (QED) is 0.215. The molecule has 0 aliphatic rings. The molecule has 0 saturated carbocycles. The number of hydrogen-bond donors (Lipinski definition) is 1. The molecule has 0 saturated heterocycles. The Morgan fingerprint density at radius 2 is 1.59 bits per heavy atom. The van der Waals surface area contributed by atoms with Crippen molar-refractivity contribution in [3.05, 3.63) is 105 Å². The highest BCUT2D eigenvalue weighted by molar-refractivity contribution is 7.99. The minimum absolute atomic E-state index is 0.114. The molecular weight excluding hydrogens is 547 g/mol. The van der Waals surface area contributed by atoms with Gasteiger partial charge in [0.2, 0.25) is 11.8 Å². The summed E-state index contributed by atoms with van der Waals surface area (Å²) in [6.07, 6.45) is 2.26. The zero-order chi connectivity index (χ0) is 26.6. The van der Waals surface area contributed by atoms with E-state index in [1.54, 1.807) is 17.0 Å². The van der Waals surface area contributed by atoms with E-state index in [1.807, 2.05) is 60.7 Å². The van der Waals surface area contributed by atoms with Crippen molar-refractivity contribution in [3.8, 4) is 0 Å². The van der Waals surface area contributed by atoms with E-state index in [4.69, 9.17) is 34.8 Å². The smallest absolute Gasteiger partial charge is 0.243 e. The summed E-state index contributed by atoms with van der Waals surface area (Å²) in [7, 11) is 0. The fraction of sp³-hybridized carbons (Fsp3) is 0.310. The summed E-state index contributed by atoms with van der Waals surface area (Å²) in [5.41, 5.74) is 2.88. The number of carbonyl (C=O) groups excluding carboxylic acids is 2. The van der Waals surface area contributed by atoms with E-state index in [-0.39, 0.29) is 24.1 Å². The summed E-state index contributed by atoms with van der Waals surface area (Å²) in [6, 6.07) is 22.0. The molecule has 0 fully saturated rings. The van der Waals surface area contributed by atoms with Crippen LogP contribution in [0.1, 0.15) is 36.5 Å². The molecule has 0 bridgehead atoms. The third kappa shape index (κ3) is 9.57. The molecular formula is C29H31Cl3N2O2S. The highest BCUT2D eigenvalue weighted by Crippen LogP contribution is 2.25. The lowest BCUT2D eigenvalue weighted by Gasteiger charge is -2.31. The number of unbranched alkanes of at least 4 members (excludes halogenated alkanes) is 1. The second-order valence-corrected chi connectivity index (χ2v) is 11.0. The fourth-order valence-electron chi connectivity index (χ4n) is 3.81. The van der Waals surface area contributed by atoms with E-state index in [9.17, 15) is 9.59 Å². The first-order chi connectivity index (χ1) is 17.9. The molecule has 3 aromatic rings. The van der Waals surface area contributed by atoms with Gasteiger partial charge in [-0.1, -0.05) is 96.7 Å². The van der Waals surface area contributed by atoms with Crippen molar-refractivity contribution in [1.82, 2.24) is 10.2 Å². The number of thioether (sulfide) groups is 1. The number of rotatable bonds is 13. The van der Waals surface area contributed by atoms with Crippen LogP contribution in [-0.4, -0.2) is 35.1 Å². The fourth-order valence-corrected chi connectivity index (χ4v) is 5.13. The average Bonchev–Trinajstić information content (AvgIpc) is 2.90. The topological polar surface area (TPSA) is 49.4 Å². The van der Waals surface area contributed by atoms with Crippen LogP contribution in [0.25, 0.3) is 0 Å². The summed E-state index contributed by atoms with van der Waals surface area (Å²) < 4.78 is 0. The molecule has 1 atom stereocenters. The van der Waals surface area contributed by atoms with Crippen LogP contribution in [0.4, 0.5) is 0 Å². The SMILES string of the molecule is CCCCNC(=O)[C@@H](Cc1ccccc1)N(Cc1ccc(Cl)c(Cl)c1)C(=O)CSCc1ccc(Cl)cc1. The van der Waals surface area contributed by atoms with Crippen LogP contribution in [0.3, 0.4) is 0 Å². The average molecular weight is 578 g/mol. The van der Waals surface area contributed by atoms with Crippen LogP contribution >= 0.6 is 46.6 Å². The van der Waals surface area contributed by atoms with Gasteiger partial charge in [0.15, 0.2) is 0 Å². The zero-order valence-electron chi connectivity index (χ0n) is 20.8. The van der Waals surface area contributed by atoms with Gasteiger partial charge in [-0.15, -0.1) is 11.8 Å². The van der Waals surface area contributed by atoms with Gasteiger partial charge in [0.25, 0.3) is 0 Å². The Balaban J connectivity index is 1.84. The van der Waals surface area contributed by atoms with Gasteiger partial charge in [0, 0.05) is 30.3 Å². The predicted octanol–water partition coefficient (Wildman–Crippen LogP) is 7.44. The van der Waals surface area contributed by atoms with Crippen molar-refractivity contribution >= 4 is 58.4 Å². The molecule has 37 heavy (non-hydrogen) atoms. The Morgan fingerprint density at radius 3 is 2.27 bits per heavy atom. The lowest BCUT2D eigenvalue weighted by atomic mass is 10.0. The largest absolute Gasteiger partial charge is 0.354 e. The number of hydrogen-bond acceptors (Lipinski definition) is 3. The molecule has 0 spiro atoms.